The third-order valence-corrected chi connectivity index (χ3v) is 2.74. The number of aromatic nitrogens is 2. The lowest BCUT2D eigenvalue weighted by molar-refractivity contribution is 0.0694. The van der Waals surface area contributed by atoms with Crippen molar-refractivity contribution in [2.24, 2.45) is 0 Å². The largest absolute Gasteiger partial charge is 0.478 e. The minimum absolute atomic E-state index is 0.0315. The van der Waals surface area contributed by atoms with E-state index in [0.29, 0.717) is 16.9 Å². The van der Waals surface area contributed by atoms with Gasteiger partial charge in [0.15, 0.2) is 0 Å². The number of rotatable bonds is 4. The first-order valence-corrected chi connectivity index (χ1v) is 5.60. The Kier molecular flexibility index (Phi) is 3.70. The second-order valence-corrected chi connectivity index (χ2v) is 3.95. The Bertz CT molecular complexity index is 617. The van der Waals surface area contributed by atoms with Crippen molar-refractivity contribution in [2.75, 3.05) is 5.32 Å². The Morgan fingerprint density at radius 3 is 3.00 bits per heavy atom. The van der Waals surface area contributed by atoms with Crippen molar-refractivity contribution in [2.45, 2.75) is 13.5 Å². The van der Waals surface area contributed by atoms with Gasteiger partial charge in [-0.3, -0.25) is 0 Å². The monoisotopic (exact) mass is 261 g/mol. The third kappa shape index (κ3) is 2.85. The fraction of sp³-hybridized carbons (Fsp3) is 0.154. The molecule has 2 aromatic rings. The van der Waals surface area contributed by atoms with Crippen molar-refractivity contribution in [1.29, 1.82) is 0 Å². The number of carboxylic acid groups (broad SMARTS) is 1. The van der Waals surface area contributed by atoms with E-state index in [0.717, 1.165) is 0 Å². The highest BCUT2D eigenvalue weighted by Gasteiger charge is 2.11. The van der Waals surface area contributed by atoms with Crippen LogP contribution < -0.4 is 5.32 Å². The molecule has 1 heterocycles. The molecular formula is C13H12FN3O2. The molecule has 1 aromatic carbocycles. The molecule has 6 heteroatoms. The minimum atomic E-state index is -1.09. The van der Waals surface area contributed by atoms with Crippen LogP contribution in [0.15, 0.2) is 30.7 Å². The Morgan fingerprint density at radius 2 is 2.26 bits per heavy atom. The van der Waals surface area contributed by atoms with E-state index in [1.54, 1.807) is 19.1 Å². The first kappa shape index (κ1) is 12.9. The summed E-state index contributed by atoms with van der Waals surface area (Å²) in [5.41, 5.74) is 1.47. The van der Waals surface area contributed by atoms with Gasteiger partial charge in [-0.1, -0.05) is 6.07 Å². The number of carboxylic acids is 1. The van der Waals surface area contributed by atoms with Crippen LogP contribution in [0.5, 0.6) is 0 Å². The second kappa shape index (κ2) is 5.43. The van der Waals surface area contributed by atoms with Crippen LogP contribution in [0, 0.1) is 12.7 Å². The molecule has 0 atom stereocenters. The predicted molar refractivity (Wildman–Crippen MR) is 67.5 cm³/mol. The molecule has 98 valence electrons. The Morgan fingerprint density at radius 1 is 1.47 bits per heavy atom. The van der Waals surface area contributed by atoms with Gasteiger partial charge in [0.25, 0.3) is 0 Å². The molecule has 1 aromatic heterocycles. The number of aromatic carboxylic acids is 1. The molecular weight excluding hydrogens is 249 g/mol. The zero-order valence-electron chi connectivity index (χ0n) is 10.2. The highest BCUT2D eigenvalue weighted by Crippen LogP contribution is 2.18. The standard InChI is InChI=1S/C13H12FN3O2/c1-8-10(14)3-2-4-11(8)16-6-12-9(13(18)19)5-15-7-17-12/h2-5,7,16H,6H2,1H3,(H,18,19). The quantitative estimate of drug-likeness (QED) is 0.882. The van der Waals surface area contributed by atoms with E-state index < -0.39 is 5.97 Å². The highest BCUT2D eigenvalue weighted by molar-refractivity contribution is 5.88. The van der Waals surface area contributed by atoms with Crippen molar-refractivity contribution in [3.05, 3.63) is 53.4 Å². The zero-order chi connectivity index (χ0) is 13.8. The highest BCUT2D eigenvalue weighted by atomic mass is 19.1. The summed E-state index contributed by atoms with van der Waals surface area (Å²) in [4.78, 5) is 18.6. The molecule has 0 spiro atoms. The fourth-order valence-corrected chi connectivity index (χ4v) is 1.65. The van der Waals surface area contributed by atoms with E-state index in [1.165, 1.54) is 18.6 Å². The van der Waals surface area contributed by atoms with Crippen LogP contribution >= 0.6 is 0 Å². The predicted octanol–water partition coefficient (Wildman–Crippen LogP) is 2.23. The molecule has 0 saturated heterocycles. The molecule has 0 aliphatic rings. The number of benzene rings is 1. The molecule has 0 radical (unpaired) electrons. The van der Waals surface area contributed by atoms with Crippen molar-refractivity contribution in [1.82, 2.24) is 9.97 Å². The second-order valence-electron chi connectivity index (χ2n) is 3.95. The van der Waals surface area contributed by atoms with Gasteiger partial charge < -0.3 is 10.4 Å². The number of anilines is 1. The van der Waals surface area contributed by atoms with Crippen LogP contribution in [0.25, 0.3) is 0 Å². The van der Waals surface area contributed by atoms with Gasteiger partial charge in [-0.25, -0.2) is 19.2 Å². The maximum atomic E-state index is 13.4. The average Bonchev–Trinajstić information content (AvgIpc) is 2.40. The summed E-state index contributed by atoms with van der Waals surface area (Å²) < 4.78 is 13.4. The number of nitrogens with zero attached hydrogens (tertiary/aromatic N) is 2. The van der Waals surface area contributed by atoms with Crippen molar-refractivity contribution in [3.63, 3.8) is 0 Å². The summed E-state index contributed by atoms with van der Waals surface area (Å²) in [7, 11) is 0. The Balaban J connectivity index is 2.19. The lowest BCUT2D eigenvalue weighted by Crippen LogP contribution is -2.10. The maximum absolute atomic E-state index is 13.4. The Hall–Kier alpha value is -2.50. The molecule has 0 aliphatic carbocycles. The smallest absolute Gasteiger partial charge is 0.339 e. The summed E-state index contributed by atoms with van der Waals surface area (Å²) >= 11 is 0. The molecule has 2 N–H and O–H groups in total. The van der Waals surface area contributed by atoms with Crippen molar-refractivity contribution in [3.8, 4) is 0 Å². The number of nitrogens with one attached hydrogen (secondary N) is 1. The molecule has 0 fully saturated rings. The minimum Gasteiger partial charge on any atom is -0.478 e. The lowest BCUT2D eigenvalue weighted by Gasteiger charge is -2.10. The van der Waals surface area contributed by atoms with Crippen LogP contribution in [-0.4, -0.2) is 21.0 Å². The van der Waals surface area contributed by atoms with Crippen LogP contribution in [-0.2, 0) is 6.54 Å². The van der Waals surface area contributed by atoms with E-state index in [-0.39, 0.29) is 17.9 Å². The van der Waals surface area contributed by atoms with Crippen LogP contribution in [0.1, 0.15) is 21.6 Å². The van der Waals surface area contributed by atoms with Gasteiger partial charge in [0.05, 0.1) is 12.2 Å². The van der Waals surface area contributed by atoms with Crippen molar-refractivity contribution >= 4 is 11.7 Å². The number of halogens is 1. The van der Waals surface area contributed by atoms with Gasteiger partial charge in [0.2, 0.25) is 0 Å². The topological polar surface area (TPSA) is 75.1 Å². The number of hydrogen-bond acceptors (Lipinski definition) is 4. The lowest BCUT2D eigenvalue weighted by atomic mass is 10.1. The molecule has 19 heavy (non-hydrogen) atoms. The molecule has 0 unspecified atom stereocenters. The molecule has 0 aliphatic heterocycles. The van der Waals surface area contributed by atoms with Crippen LogP contribution in [0.3, 0.4) is 0 Å². The normalized spacial score (nSPS) is 10.2. The van der Waals surface area contributed by atoms with E-state index in [2.05, 4.69) is 15.3 Å². The zero-order valence-corrected chi connectivity index (χ0v) is 10.2. The van der Waals surface area contributed by atoms with Crippen LogP contribution in [0.2, 0.25) is 0 Å². The van der Waals surface area contributed by atoms with E-state index in [1.807, 2.05) is 0 Å². The molecule has 5 nitrogen and oxygen atoms in total. The van der Waals surface area contributed by atoms with E-state index in [9.17, 15) is 9.18 Å². The van der Waals surface area contributed by atoms with E-state index in [4.69, 9.17) is 5.11 Å². The van der Waals surface area contributed by atoms with Gasteiger partial charge in [-0.2, -0.15) is 0 Å². The summed E-state index contributed by atoms with van der Waals surface area (Å²) in [6.45, 7) is 1.84. The van der Waals surface area contributed by atoms with Crippen LogP contribution in [0.4, 0.5) is 10.1 Å². The average molecular weight is 261 g/mol. The SMILES string of the molecule is Cc1c(F)cccc1NCc1ncncc1C(=O)O. The number of hydrogen-bond donors (Lipinski definition) is 2. The fourth-order valence-electron chi connectivity index (χ4n) is 1.65. The molecule has 2 rings (SSSR count). The molecule has 0 amide bonds. The maximum Gasteiger partial charge on any atom is 0.339 e. The van der Waals surface area contributed by atoms with Gasteiger partial charge in [-0.05, 0) is 19.1 Å². The Labute approximate surface area is 109 Å². The summed E-state index contributed by atoms with van der Waals surface area (Å²) in [6.07, 6.45) is 2.52. The van der Waals surface area contributed by atoms with Gasteiger partial charge >= 0.3 is 5.97 Å². The van der Waals surface area contributed by atoms with Gasteiger partial charge in [0.1, 0.15) is 17.7 Å². The van der Waals surface area contributed by atoms with Crippen molar-refractivity contribution < 1.29 is 14.3 Å². The molecule has 0 bridgehead atoms. The molecule has 0 saturated carbocycles. The summed E-state index contributed by atoms with van der Waals surface area (Å²) in [6, 6.07) is 4.68. The third-order valence-electron chi connectivity index (χ3n) is 2.74. The summed E-state index contributed by atoms with van der Waals surface area (Å²) in [5, 5.41) is 12.0. The first-order chi connectivity index (χ1) is 9.09. The summed E-state index contributed by atoms with van der Waals surface area (Å²) in [5.74, 6) is -1.40. The van der Waals surface area contributed by atoms with Gasteiger partial charge in [-0.15, -0.1) is 0 Å². The van der Waals surface area contributed by atoms with E-state index >= 15 is 0 Å². The first-order valence-electron chi connectivity index (χ1n) is 5.60. The number of carbonyl (C=O) groups is 1. The van der Waals surface area contributed by atoms with Gasteiger partial charge in [0, 0.05) is 17.4 Å².